The third-order valence-corrected chi connectivity index (χ3v) is 4.78. The second-order valence-electron chi connectivity index (χ2n) is 7.57. The Labute approximate surface area is 172 Å². The van der Waals surface area contributed by atoms with Crippen molar-refractivity contribution in [3.05, 3.63) is 65.9 Å². The maximum Gasteiger partial charge on any atom is 0.278 e. The van der Waals surface area contributed by atoms with E-state index < -0.39 is 0 Å². The number of likely N-dealkylation sites (N-methyl/N-ethyl adjacent to an activating group) is 1. The summed E-state index contributed by atoms with van der Waals surface area (Å²) in [4.78, 5) is 29.8. The summed E-state index contributed by atoms with van der Waals surface area (Å²) in [5.41, 5.74) is 2.46. The van der Waals surface area contributed by atoms with Crippen LogP contribution in [0.3, 0.4) is 0 Å². The van der Waals surface area contributed by atoms with Gasteiger partial charge in [-0.2, -0.15) is 0 Å². The Morgan fingerprint density at radius 2 is 1.52 bits per heavy atom. The van der Waals surface area contributed by atoms with Crippen LogP contribution in [0.1, 0.15) is 40.2 Å². The first kappa shape index (κ1) is 20.6. The van der Waals surface area contributed by atoms with Crippen LogP contribution in [0.2, 0.25) is 0 Å². The third kappa shape index (κ3) is 4.04. The largest absolute Gasteiger partial charge is 0.491 e. The summed E-state index contributed by atoms with van der Waals surface area (Å²) in [6.45, 7) is 10.2. The standard InChI is InChI=1S/C24H28N2O3/c1-6-25(19-10-8-7-9-11-19)22-21(23(27)26(16(2)3)24(22)28)18-12-14-20(15-13-18)29-17(4)5/h7-17H,6H2,1-5H3. The molecule has 1 aliphatic rings. The lowest BCUT2D eigenvalue weighted by molar-refractivity contribution is -0.138. The number of carbonyl (C=O) groups is 2. The molecule has 0 bridgehead atoms. The van der Waals surface area contributed by atoms with Crippen LogP contribution in [0.25, 0.3) is 5.57 Å². The van der Waals surface area contributed by atoms with Crippen molar-refractivity contribution in [1.82, 2.24) is 4.90 Å². The Morgan fingerprint density at radius 1 is 0.897 bits per heavy atom. The third-order valence-electron chi connectivity index (χ3n) is 4.78. The van der Waals surface area contributed by atoms with Gasteiger partial charge in [-0.3, -0.25) is 14.5 Å². The van der Waals surface area contributed by atoms with Gasteiger partial charge in [-0.05, 0) is 64.4 Å². The van der Waals surface area contributed by atoms with Gasteiger partial charge in [0.1, 0.15) is 11.4 Å². The van der Waals surface area contributed by atoms with Gasteiger partial charge in [-0.1, -0.05) is 30.3 Å². The second-order valence-corrected chi connectivity index (χ2v) is 7.57. The van der Waals surface area contributed by atoms with Crippen LogP contribution in [-0.2, 0) is 9.59 Å². The molecule has 5 heteroatoms. The highest BCUT2D eigenvalue weighted by Crippen LogP contribution is 2.35. The van der Waals surface area contributed by atoms with E-state index in [0.717, 1.165) is 11.4 Å². The van der Waals surface area contributed by atoms with E-state index in [9.17, 15) is 9.59 Å². The molecule has 0 spiro atoms. The van der Waals surface area contributed by atoms with E-state index in [1.165, 1.54) is 4.90 Å². The monoisotopic (exact) mass is 392 g/mol. The van der Waals surface area contributed by atoms with E-state index in [1.807, 2.05) is 94.1 Å². The van der Waals surface area contributed by atoms with Crippen molar-refractivity contribution in [2.45, 2.75) is 46.8 Å². The average molecular weight is 392 g/mol. The smallest absolute Gasteiger partial charge is 0.278 e. The number of ether oxygens (including phenoxy) is 1. The summed E-state index contributed by atoms with van der Waals surface area (Å²) in [5, 5.41) is 0. The van der Waals surface area contributed by atoms with E-state index in [2.05, 4.69) is 0 Å². The van der Waals surface area contributed by atoms with Crippen molar-refractivity contribution in [1.29, 1.82) is 0 Å². The normalized spacial score (nSPS) is 14.4. The highest BCUT2D eigenvalue weighted by Gasteiger charge is 2.42. The number of amides is 2. The molecular formula is C24H28N2O3. The molecule has 0 fully saturated rings. The highest BCUT2D eigenvalue weighted by molar-refractivity contribution is 6.36. The van der Waals surface area contributed by atoms with Crippen LogP contribution in [0, 0.1) is 0 Å². The zero-order valence-electron chi connectivity index (χ0n) is 17.7. The second kappa shape index (κ2) is 8.52. The summed E-state index contributed by atoms with van der Waals surface area (Å²) in [6.07, 6.45) is 0.0652. The number of hydrogen-bond donors (Lipinski definition) is 0. The van der Waals surface area contributed by atoms with Crippen molar-refractivity contribution in [3.63, 3.8) is 0 Å². The summed E-state index contributed by atoms with van der Waals surface area (Å²) in [5.74, 6) is 0.221. The van der Waals surface area contributed by atoms with E-state index >= 15 is 0 Å². The lowest BCUT2D eigenvalue weighted by Crippen LogP contribution is -2.39. The van der Waals surface area contributed by atoms with Gasteiger partial charge in [0, 0.05) is 18.3 Å². The SMILES string of the molecule is CCN(C1=C(c2ccc(OC(C)C)cc2)C(=O)N(C(C)C)C1=O)c1ccccc1. The highest BCUT2D eigenvalue weighted by atomic mass is 16.5. The molecule has 29 heavy (non-hydrogen) atoms. The number of benzene rings is 2. The zero-order valence-corrected chi connectivity index (χ0v) is 17.7. The molecule has 0 aromatic heterocycles. The van der Waals surface area contributed by atoms with Crippen molar-refractivity contribution in [3.8, 4) is 5.75 Å². The molecule has 5 nitrogen and oxygen atoms in total. The summed E-state index contributed by atoms with van der Waals surface area (Å²) < 4.78 is 5.72. The molecule has 0 aliphatic carbocycles. The summed E-state index contributed by atoms with van der Waals surface area (Å²) in [6, 6.07) is 16.8. The van der Waals surface area contributed by atoms with Gasteiger partial charge in [-0.15, -0.1) is 0 Å². The molecule has 0 N–H and O–H groups in total. The molecule has 2 aromatic carbocycles. The summed E-state index contributed by atoms with van der Waals surface area (Å²) in [7, 11) is 0. The summed E-state index contributed by atoms with van der Waals surface area (Å²) >= 11 is 0. The van der Waals surface area contributed by atoms with E-state index in [4.69, 9.17) is 4.74 Å². The lowest BCUT2D eigenvalue weighted by Gasteiger charge is -2.25. The maximum atomic E-state index is 13.3. The van der Waals surface area contributed by atoms with Crippen LogP contribution in [0.15, 0.2) is 60.3 Å². The Hall–Kier alpha value is -3.08. The van der Waals surface area contributed by atoms with Gasteiger partial charge < -0.3 is 9.64 Å². The van der Waals surface area contributed by atoms with Crippen LogP contribution in [0.5, 0.6) is 5.75 Å². The molecule has 2 amide bonds. The molecule has 2 aromatic rings. The van der Waals surface area contributed by atoms with Crippen molar-refractivity contribution in [2.75, 3.05) is 11.4 Å². The van der Waals surface area contributed by atoms with E-state index in [0.29, 0.717) is 23.4 Å². The first-order valence-electron chi connectivity index (χ1n) is 10.1. The fraction of sp³-hybridized carbons (Fsp3) is 0.333. The molecule has 3 rings (SSSR count). The fourth-order valence-electron chi connectivity index (χ4n) is 3.56. The number of anilines is 1. The number of rotatable bonds is 7. The average Bonchev–Trinajstić information content (AvgIpc) is 2.94. The van der Waals surface area contributed by atoms with Gasteiger partial charge >= 0.3 is 0 Å². The number of carbonyl (C=O) groups excluding carboxylic acids is 2. The van der Waals surface area contributed by atoms with Crippen LogP contribution >= 0.6 is 0 Å². The van der Waals surface area contributed by atoms with Crippen molar-refractivity contribution >= 4 is 23.1 Å². The first-order valence-corrected chi connectivity index (χ1v) is 10.1. The van der Waals surface area contributed by atoms with Gasteiger partial charge in [0.25, 0.3) is 11.8 Å². The van der Waals surface area contributed by atoms with Crippen molar-refractivity contribution in [2.24, 2.45) is 0 Å². The van der Waals surface area contributed by atoms with Gasteiger partial charge in [0.2, 0.25) is 0 Å². The van der Waals surface area contributed by atoms with Crippen LogP contribution in [0.4, 0.5) is 5.69 Å². The van der Waals surface area contributed by atoms with E-state index in [-0.39, 0.29) is 24.0 Å². The fourth-order valence-corrected chi connectivity index (χ4v) is 3.56. The van der Waals surface area contributed by atoms with Gasteiger partial charge in [0.15, 0.2) is 0 Å². The predicted molar refractivity (Wildman–Crippen MR) is 116 cm³/mol. The molecular weight excluding hydrogens is 364 g/mol. The minimum absolute atomic E-state index is 0.0652. The molecule has 1 aliphatic heterocycles. The number of para-hydroxylation sites is 1. The van der Waals surface area contributed by atoms with Crippen molar-refractivity contribution < 1.29 is 14.3 Å². The molecule has 0 saturated carbocycles. The molecule has 0 atom stereocenters. The Kier molecular flexibility index (Phi) is 6.06. The first-order chi connectivity index (χ1) is 13.8. The maximum absolute atomic E-state index is 13.3. The predicted octanol–water partition coefficient (Wildman–Crippen LogP) is 4.49. The molecule has 0 saturated heterocycles. The Bertz CT molecular complexity index is 915. The van der Waals surface area contributed by atoms with Gasteiger partial charge in [0.05, 0.1) is 11.7 Å². The number of hydrogen-bond acceptors (Lipinski definition) is 4. The topological polar surface area (TPSA) is 49.9 Å². The molecule has 1 heterocycles. The molecule has 0 radical (unpaired) electrons. The Morgan fingerprint density at radius 3 is 2.03 bits per heavy atom. The van der Waals surface area contributed by atoms with Crippen LogP contribution < -0.4 is 9.64 Å². The quantitative estimate of drug-likeness (QED) is 0.652. The number of nitrogens with zero attached hydrogens (tertiary/aromatic N) is 2. The Balaban J connectivity index is 2.13. The van der Waals surface area contributed by atoms with E-state index in [1.54, 1.807) is 0 Å². The molecule has 0 unspecified atom stereocenters. The van der Waals surface area contributed by atoms with Crippen LogP contribution in [-0.4, -0.2) is 35.4 Å². The van der Waals surface area contributed by atoms with Gasteiger partial charge in [-0.25, -0.2) is 0 Å². The number of imide groups is 1. The molecule has 152 valence electrons. The lowest BCUT2D eigenvalue weighted by atomic mass is 10.0. The minimum Gasteiger partial charge on any atom is -0.491 e. The zero-order chi connectivity index (χ0) is 21.1. The minimum atomic E-state index is -0.257.